The van der Waals surface area contributed by atoms with E-state index in [1.54, 1.807) is 0 Å². The number of ether oxygens (including phenoxy) is 1. The average Bonchev–Trinajstić information content (AvgIpc) is 2.14. The fourth-order valence-electron chi connectivity index (χ4n) is 0.745. The zero-order valence-corrected chi connectivity index (χ0v) is 10.1. The largest absolute Gasteiger partial charge is 0.481 e. The summed E-state index contributed by atoms with van der Waals surface area (Å²) in [5.41, 5.74) is 0. The van der Waals surface area contributed by atoms with Gasteiger partial charge in [0.25, 0.3) is 0 Å². The van der Waals surface area contributed by atoms with Gasteiger partial charge in [0.05, 0.1) is 7.11 Å². The van der Waals surface area contributed by atoms with Crippen LogP contribution >= 0.6 is 0 Å². The van der Waals surface area contributed by atoms with Crippen LogP contribution in [0, 0.1) is 5.92 Å². The topological polar surface area (TPSA) is 63.6 Å². The van der Waals surface area contributed by atoms with Crippen LogP contribution in [0.5, 0.6) is 0 Å². The molecule has 0 unspecified atom stereocenters. The highest BCUT2D eigenvalue weighted by molar-refractivity contribution is 5.69. The number of unbranched alkanes of at least 4 members (excludes halogenated alkanes) is 1. The Bertz CT molecular complexity index is 175. The molecule has 90 valence electrons. The van der Waals surface area contributed by atoms with E-state index in [1.807, 2.05) is 20.8 Å². The lowest BCUT2D eigenvalue weighted by molar-refractivity contribution is -0.141. The lowest BCUT2D eigenvalue weighted by Gasteiger charge is -1.99. The summed E-state index contributed by atoms with van der Waals surface area (Å²) >= 11 is 0. The van der Waals surface area contributed by atoms with Gasteiger partial charge in [-0.05, 0) is 12.3 Å². The summed E-state index contributed by atoms with van der Waals surface area (Å²) in [7, 11) is 1.41. The van der Waals surface area contributed by atoms with Crippen LogP contribution in [0.3, 0.4) is 0 Å². The fraction of sp³-hybridized carbons (Fsp3) is 0.818. The van der Waals surface area contributed by atoms with Gasteiger partial charge >= 0.3 is 11.9 Å². The summed E-state index contributed by atoms with van der Waals surface area (Å²) in [6, 6.07) is 0. The molecule has 0 aromatic heterocycles. The van der Waals surface area contributed by atoms with Crippen LogP contribution in [0.2, 0.25) is 0 Å². The minimum atomic E-state index is -0.693. The summed E-state index contributed by atoms with van der Waals surface area (Å²) in [6.07, 6.45) is 2.61. The van der Waals surface area contributed by atoms with Crippen LogP contribution in [-0.4, -0.2) is 24.2 Å². The molecule has 0 radical (unpaired) electrons. The number of hydrogen-bond acceptors (Lipinski definition) is 3. The molecule has 0 spiro atoms. The Hall–Kier alpha value is -1.06. The molecule has 0 aliphatic rings. The molecule has 4 heteroatoms. The number of carboxylic acid groups (broad SMARTS) is 1. The second kappa shape index (κ2) is 11.0. The van der Waals surface area contributed by atoms with Crippen molar-refractivity contribution in [3.05, 3.63) is 0 Å². The maximum atomic E-state index is 10.4. The van der Waals surface area contributed by atoms with Crippen molar-refractivity contribution in [3.63, 3.8) is 0 Å². The lowest BCUT2D eigenvalue weighted by Crippen LogP contribution is -2.03. The highest BCUT2D eigenvalue weighted by Gasteiger charge is 2.01. The molecule has 1 N–H and O–H groups in total. The molecule has 4 nitrogen and oxygen atoms in total. The first-order valence-corrected chi connectivity index (χ1v) is 5.22. The average molecular weight is 218 g/mol. The minimum Gasteiger partial charge on any atom is -0.481 e. The van der Waals surface area contributed by atoms with E-state index in [1.165, 1.54) is 7.11 Å². The van der Waals surface area contributed by atoms with Gasteiger partial charge in [-0.25, -0.2) is 0 Å². The van der Waals surface area contributed by atoms with Crippen LogP contribution in [0.4, 0.5) is 0 Å². The summed E-state index contributed by atoms with van der Waals surface area (Å²) in [6.45, 7) is 5.94. The molecule has 0 saturated carbocycles. The van der Waals surface area contributed by atoms with Crippen LogP contribution in [0.25, 0.3) is 0 Å². The molecular formula is C11H22O4. The smallest absolute Gasteiger partial charge is 0.305 e. The molecule has 0 aromatic rings. The number of hydrogen-bond donors (Lipinski definition) is 1. The molecule has 0 rings (SSSR count). The zero-order valence-electron chi connectivity index (χ0n) is 10.1. The summed E-state index contributed by atoms with van der Waals surface area (Å²) in [5.74, 6) is -0.413. The highest BCUT2D eigenvalue weighted by Crippen LogP contribution is 1.98. The van der Waals surface area contributed by atoms with Crippen LogP contribution in [-0.2, 0) is 14.3 Å². The van der Waals surface area contributed by atoms with Gasteiger partial charge in [0.1, 0.15) is 0 Å². The maximum absolute atomic E-state index is 10.4. The number of carbonyl (C=O) groups excluding carboxylic acids is 1. The standard InChI is InChI=1S/C6H12O2.C5H10O2/c1-5(2)4-6(7)8-3;1-2-3-4-5(6)7/h5H,4H2,1-3H3;2-4H2,1H3,(H,6,7). The minimum absolute atomic E-state index is 0.125. The van der Waals surface area contributed by atoms with Gasteiger partial charge in [-0.1, -0.05) is 27.2 Å². The van der Waals surface area contributed by atoms with E-state index in [4.69, 9.17) is 5.11 Å². The lowest BCUT2D eigenvalue weighted by atomic mass is 10.1. The Morgan fingerprint density at radius 3 is 2.00 bits per heavy atom. The highest BCUT2D eigenvalue weighted by atomic mass is 16.5. The third kappa shape index (κ3) is 19.4. The number of rotatable bonds is 5. The van der Waals surface area contributed by atoms with Crippen molar-refractivity contribution in [1.29, 1.82) is 0 Å². The third-order valence-corrected chi connectivity index (χ3v) is 1.55. The molecule has 0 aromatic carbocycles. The van der Waals surface area contributed by atoms with E-state index in [0.717, 1.165) is 12.8 Å². The van der Waals surface area contributed by atoms with Crippen molar-refractivity contribution in [1.82, 2.24) is 0 Å². The number of aliphatic carboxylic acids is 1. The van der Waals surface area contributed by atoms with Crippen molar-refractivity contribution in [2.45, 2.75) is 46.5 Å². The van der Waals surface area contributed by atoms with E-state index in [2.05, 4.69) is 4.74 Å². The van der Waals surface area contributed by atoms with Gasteiger partial charge in [0.2, 0.25) is 0 Å². The van der Waals surface area contributed by atoms with Crippen molar-refractivity contribution in [2.24, 2.45) is 5.92 Å². The Morgan fingerprint density at radius 2 is 1.87 bits per heavy atom. The quantitative estimate of drug-likeness (QED) is 0.720. The molecular weight excluding hydrogens is 196 g/mol. The van der Waals surface area contributed by atoms with Gasteiger partial charge in [-0.15, -0.1) is 0 Å². The predicted octanol–water partition coefficient (Wildman–Crippen LogP) is 2.47. The molecule has 0 bridgehead atoms. The number of esters is 1. The number of methoxy groups -OCH3 is 1. The van der Waals surface area contributed by atoms with E-state index < -0.39 is 5.97 Å². The van der Waals surface area contributed by atoms with Gasteiger partial charge in [-0.3, -0.25) is 9.59 Å². The summed E-state index contributed by atoms with van der Waals surface area (Å²) in [4.78, 5) is 20.2. The van der Waals surface area contributed by atoms with Gasteiger partial charge < -0.3 is 9.84 Å². The number of carbonyl (C=O) groups is 2. The van der Waals surface area contributed by atoms with Crippen LogP contribution in [0.15, 0.2) is 0 Å². The fourth-order valence-corrected chi connectivity index (χ4v) is 0.745. The van der Waals surface area contributed by atoms with Crippen LogP contribution in [0.1, 0.15) is 46.5 Å². The van der Waals surface area contributed by atoms with Crippen molar-refractivity contribution >= 4 is 11.9 Å². The Kier molecular flexibility index (Phi) is 12.0. The first-order chi connectivity index (χ1) is 6.93. The van der Waals surface area contributed by atoms with E-state index in [9.17, 15) is 9.59 Å². The molecule has 0 atom stereocenters. The summed E-state index contributed by atoms with van der Waals surface area (Å²) < 4.78 is 4.42. The van der Waals surface area contributed by atoms with Gasteiger partial charge in [0, 0.05) is 12.8 Å². The molecule has 0 saturated heterocycles. The molecule has 15 heavy (non-hydrogen) atoms. The molecule has 0 fully saturated rings. The predicted molar refractivity (Wildman–Crippen MR) is 58.6 cm³/mol. The Morgan fingerprint density at radius 1 is 1.33 bits per heavy atom. The summed E-state index contributed by atoms with van der Waals surface area (Å²) in [5, 5.41) is 8.04. The molecule has 0 heterocycles. The van der Waals surface area contributed by atoms with E-state index in [-0.39, 0.29) is 5.97 Å². The van der Waals surface area contributed by atoms with E-state index >= 15 is 0 Å². The second-order valence-electron chi connectivity index (χ2n) is 3.67. The molecule has 0 amide bonds. The first kappa shape index (κ1) is 16.4. The monoisotopic (exact) mass is 218 g/mol. The first-order valence-electron chi connectivity index (χ1n) is 5.22. The van der Waals surface area contributed by atoms with E-state index in [0.29, 0.717) is 18.8 Å². The Labute approximate surface area is 91.6 Å². The molecule has 0 aliphatic heterocycles. The molecule has 0 aliphatic carbocycles. The second-order valence-corrected chi connectivity index (χ2v) is 3.67. The van der Waals surface area contributed by atoms with Gasteiger partial charge in [-0.2, -0.15) is 0 Å². The SMILES string of the molecule is CCCCC(=O)O.COC(=O)CC(C)C. The van der Waals surface area contributed by atoms with Crippen molar-refractivity contribution in [2.75, 3.05) is 7.11 Å². The maximum Gasteiger partial charge on any atom is 0.305 e. The van der Waals surface area contributed by atoms with Gasteiger partial charge in [0.15, 0.2) is 0 Å². The number of carboxylic acids is 1. The van der Waals surface area contributed by atoms with Crippen molar-refractivity contribution in [3.8, 4) is 0 Å². The third-order valence-electron chi connectivity index (χ3n) is 1.55. The Balaban J connectivity index is 0. The van der Waals surface area contributed by atoms with Crippen molar-refractivity contribution < 1.29 is 19.4 Å². The normalized spacial score (nSPS) is 9.13. The zero-order chi connectivity index (χ0) is 12.3. The van der Waals surface area contributed by atoms with Crippen LogP contribution < -0.4 is 0 Å².